The van der Waals surface area contributed by atoms with Gasteiger partial charge in [-0.3, -0.25) is 14.9 Å². The number of amides is 1. The second-order valence-corrected chi connectivity index (χ2v) is 5.02. The van der Waals surface area contributed by atoms with Crippen LogP contribution in [0.25, 0.3) is 0 Å². The third-order valence-electron chi connectivity index (χ3n) is 3.17. The summed E-state index contributed by atoms with van der Waals surface area (Å²) >= 11 is 0. The van der Waals surface area contributed by atoms with E-state index in [-0.39, 0.29) is 17.3 Å². The minimum atomic E-state index is -0.908. The fourth-order valence-corrected chi connectivity index (χ4v) is 1.99. The standard InChI is InChI=1S/C14H20FN3O3/c1-3-4-5-6-9(2)17-14(19)10-7-12(16)11(15)8-13(10)18(20)21/h7-9H,3-6,16H2,1-2H3,(H,17,19). The molecule has 0 aliphatic rings. The molecule has 0 heterocycles. The number of rotatable bonds is 7. The summed E-state index contributed by atoms with van der Waals surface area (Å²) in [6, 6.07) is 1.56. The summed E-state index contributed by atoms with van der Waals surface area (Å²) in [6.45, 7) is 3.90. The molecule has 1 rings (SSSR count). The lowest BCUT2D eigenvalue weighted by Crippen LogP contribution is -2.33. The van der Waals surface area contributed by atoms with Crippen LogP contribution < -0.4 is 11.1 Å². The number of nitro benzene ring substituents is 1. The lowest BCUT2D eigenvalue weighted by Gasteiger charge is -2.14. The first-order valence-electron chi connectivity index (χ1n) is 6.91. The van der Waals surface area contributed by atoms with Crippen molar-refractivity contribution < 1.29 is 14.1 Å². The average Bonchev–Trinajstić information content (AvgIpc) is 2.41. The van der Waals surface area contributed by atoms with Crippen LogP contribution in [0.15, 0.2) is 12.1 Å². The Balaban J connectivity index is 2.86. The highest BCUT2D eigenvalue weighted by Gasteiger charge is 2.23. The van der Waals surface area contributed by atoms with Crippen molar-refractivity contribution in [3.05, 3.63) is 33.6 Å². The van der Waals surface area contributed by atoms with Gasteiger partial charge in [-0.25, -0.2) is 4.39 Å². The third kappa shape index (κ3) is 4.70. The van der Waals surface area contributed by atoms with Gasteiger partial charge in [-0.2, -0.15) is 0 Å². The van der Waals surface area contributed by atoms with Gasteiger partial charge in [-0.15, -0.1) is 0 Å². The van der Waals surface area contributed by atoms with Gasteiger partial charge in [0.15, 0.2) is 5.82 Å². The number of carbonyl (C=O) groups is 1. The molecule has 0 aliphatic heterocycles. The topological polar surface area (TPSA) is 98.3 Å². The number of anilines is 1. The molecule has 0 bridgehead atoms. The van der Waals surface area contributed by atoms with Crippen molar-refractivity contribution >= 4 is 17.3 Å². The molecule has 21 heavy (non-hydrogen) atoms. The molecule has 0 saturated heterocycles. The molecular weight excluding hydrogens is 277 g/mol. The highest BCUT2D eigenvalue weighted by atomic mass is 19.1. The Hall–Kier alpha value is -2.18. The molecule has 0 spiro atoms. The molecular formula is C14H20FN3O3. The maximum Gasteiger partial charge on any atom is 0.285 e. The van der Waals surface area contributed by atoms with Crippen LogP contribution in [0, 0.1) is 15.9 Å². The van der Waals surface area contributed by atoms with E-state index in [2.05, 4.69) is 12.2 Å². The molecule has 0 radical (unpaired) electrons. The van der Waals surface area contributed by atoms with E-state index in [0.717, 1.165) is 31.7 Å². The molecule has 0 fully saturated rings. The second kappa shape index (κ2) is 7.56. The molecule has 1 aromatic carbocycles. The first-order valence-corrected chi connectivity index (χ1v) is 6.91. The van der Waals surface area contributed by atoms with Crippen LogP contribution in [0.3, 0.4) is 0 Å². The summed E-state index contributed by atoms with van der Waals surface area (Å²) in [6.07, 6.45) is 3.88. The van der Waals surface area contributed by atoms with E-state index in [0.29, 0.717) is 6.07 Å². The molecule has 1 atom stereocenters. The lowest BCUT2D eigenvalue weighted by molar-refractivity contribution is -0.385. The van der Waals surface area contributed by atoms with Gasteiger partial charge in [0.2, 0.25) is 0 Å². The minimum Gasteiger partial charge on any atom is -0.396 e. The summed E-state index contributed by atoms with van der Waals surface area (Å²) in [5.74, 6) is -1.52. The summed E-state index contributed by atoms with van der Waals surface area (Å²) < 4.78 is 13.3. The number of nitro groups is 1. The van der Waals surface area contributed by atoms with E-state index in [1.807, 2.05) is 6.92 Å². The van der Waals surface area contributed by atoms with Crippen molar-refractivity contribution in [2.24, 2.45) is 0 Å². The zero-order valence-electron chi connectivity index (χ0n) is 12.2. The second-order valence-electron chi connectivity index (χ2n) is 5.02. The summed E-state index contributed by atoms with van der Waals surface area (Å²) in [5, 5.41) is 13.6. The normalized spacial score (nSPS) is 12.0. The number of nitrogens with two attached hydrogens (primary N) is 1. The Morgan fingerprint density at radius 2 is 2.14 bits per heavy atom. The van der Waals surface area contributed by atoms with Crippen molar-refractivity contribution in [3.8, 4) is 0 Å². The quantitative estimate of drug-likeness (QED) is 0.350. The van der Waals surface area contributed by atoms with Gasteiger partial charge in [-0.1, -0.05) is 26.2 Å². The number of hydrogen-bond acceptors (Lipinski definition) is 4. The van der Waals surface area contributed by atoms with Crippen LogP contribution >= 0.6 is 0 Å². The number of nitrogens with zero attached hydrogens (tertiary/aromatic N) is 1. The molecule has 1 aromatic rings. The van der Waals surface area contributed by atoms with Gasteiger partial charge in [0, 0.05) is 6.04 Å². The van der Waals surface area contributed by atoms with Crippen LogP contribution in [0.4, 0.5) is 15.8 Å². The number of nitrogens with one attached hydrogen (secondary N) is 1. The van der Waals surface area contributed by atoms with E-state index < -0.39 is 22.3 Å². The zero-order valence-corrected chi connectivity index (χ0v) is 12.2. The van der Waals surface area contributed by atoms with Gasteiger partial charge in [0.05, 0.1) is 16.7 Å². The van der Waals surface area contributed by atoms with Gasteiger partial charge in [-0.05, 0) is 19.4 Å². The Kier molecular flexibility index (Phi) is 6.08. The largest absolute Gasteiger partial charge is 0.396 e. The van der Waals surface area contributed by atoms with Crippen LogP contribution in [-0.2, 0) is 0 Å². The van der Waals surface area contributed by atoms with Gasteiger partial charge < -0.3 is 11.1 Å². The number of benzene rings is 1. The molecule has 3 N–H and O–H groups in total. The van der Waals surface area contributed by atoms with Crippen molar-refractivity contribution in [3.63, 3.8) is 0 Å². The van der Waals surface area contributed by atoms with Crippen LogP contribution in [0.5, 0.6) is 0 Å². The molecule has 0 saturated carbocycles. The van der Waals surface area contributed by atoms with Gasteiger partial charge in [0.25, 0.3) is 11.6 Å². The average molecular weight is 297 g/mol. The maximum atomic E-state index is 13.3. The van der Waals surface area contributed by atoms with Crippen LogP contribution in [0.2, 0.25) is 0 Å². The molecule has 116 valence electrons. The molecule has 7 heteroatoms. The van der Waals surface area contributed by atoms with Crippen molar-refractivity contribution in [1.29, 1.82) is 0 Å². The maximum absolute atomic E-state index is 13.3. The summed E-state index contributed by atoms with van der Waals surface area (Å²) in [7, 11) is 0. The number of halogens is 1. The Labute approximate surface area is 122 Å². The highest BCUT2D eigenvalue weighted by Crippen LogP contribution is 2.24. The fraction of sp³-hybridized carbons (Fsp3) is 0.500. The van der Waals surface area contributed by atoms with E-state index in [4.69, 9.17) is 5.73 Å². The smallest absolute Gasteiger partial charge is 0.285 e. The minimum absolute atomic E-state index is 0.116. The summed E-state index contributed by atoms with van der Waals surface area (Å²) in [4.78, 5) is 22.2. The van der Waals surface area contributed by atoms with Crippen molar-refractivity contribution in [2.75, 3.05) is 5.73 Å². The summed E-state index contributed by atoms with van der Waals surface area (Å²) in [5.41, 5.74) is 4.29. The molecule has 0 aromatic heterocycles. The number of nitrogen functional groups attached to an aromatic ring is 1. The predicted octanol–water partition coefficient (Wildman–Crippen LogP) is 3.01. The van der Waals surface area contributed by atoms with E-state index in [1.54, 1.807) is 0 Å². The Morgan fingerprint density at radius 1 is 1.48 bits per heavy atom. The third-order valence-corrected chi connectivity index (χ3v) is 3.17. The van der Waals surface area contributed by atoms with E-state index in [1.165, 1.54) is 0 Å². The highest BCUT2D eigenvalue weighted by molar-refractivity contribution is 5.99. The number of unbranched alkanes of at least 4 members (excludes halogenated alkanes) is 2. The number of hydrogen-bond donors (Lipinski definition) is 2. The monoisotopic (exact) mass is 297 g/mol. The molecule has 6 nitrogen and oxygen atoms in total. The van der Waals surface area contributed by atoms with Gasteiger partial charge in [0.1, 0.15) is 5.56 Å². The van der Waals surface area contributed by atoms with Crippen molar-refractivity contribution in [2.45, 2.75) is 45.6 Å². The SMILES string of the molecule is CCCCCC(C)NC(=O)c1cc(N)c(F)cc1[N+](=O)[O-]. The first kappa shape index (κ1) is 16.9. The van der Waals surface area contributed by atoms with E-state index >= 15 is 0 Å². The molecule has 0 aliphatic carbocycles. The van der Waals surface area contributed by atoms with Crippen LogP contribution in [-0.4, -0.2) is 16.9 Å². The lowest BCUT2D eigenvalue weighted by atomic mass is 10.1. The molecule has 1 amide bonds. The zero-order chi connectivity index (χ0) is 16.0. The van der Waals surface area contributed by atoms with Crippen molar-refractivity contribution in [1.82, 2.24) is 5.32 Å². The Morgan fingerprint density at radius 3 is 2.71 bits per heavy atom. The van der Waals surface area contributed by atoms with E-state index in [9.17, 15) is 19.3 Å². The predicted molar refractivity (Wildman–Crippen MR) is 78.5 cm³/mol. The van der Waals surface area contributed by atoms with Gasteiger partial charge >= 0.3 is 0 Å². The molecule has 1 unspecified atom stereocenters. The fourth-order valence-electron chi connectivity index (χ4n) is 1.99. The number of carbonyl (C=O) groups excluding carboxylic acids is 1. The Bertz CT molecular complexity index is 534. The van der Waals surface area contributed by atoms with Crippen LogP contribution in [0.1, 0.15) is 49.9 Å². The first-order chi connectivity index (χ1) is 9.86.